The van der Waals surface area contributed by atoms with Gasteiger partial charge in [-0.25, -0.2) is 0 Å². The van der Waals surface area contributed by atoms with Gasteiger partial charge in [-0.05, 0) is 18.8 Å². The first kappa shape index (κ1) is 13.7. The van der Waals surface area contributed by atoms with E-state index >= 15 is 0 Å². The number of hydrogen-bond donors (Lipinski definition) is 2. The smallest absolute Gasteiger partial charge is 0.240 e. The normalized spacial score (nSPS) is 26.0. The van der Waals surface area contributed by atoms with E-state index < -0.39 is 0 Å². The largest absolute Gasteiger partial charge is 0.370 e. The van der Waals surface area contributed by atoms with E-state index in [4.69, 9.17) is 5.73 Å². The van der Waals surface area contributed by atoms with Gasteiger partial charge in [-0.15, -0.1) is 0 Å². The molecule has 2 saturated heterocycles. The Morgan fingerprint density at radius 3 is 2.61 bits per heavy atom. The van der Waals surface area contributed by atoms with Crippen LogP contribution >= 0.6 is 11.8 Å². The minimum absolute atomic E-state index is 0.0172. The van der Waals surface area contributed by atoms with Crippen LogP contribution in [-0.4, -0.2) is 53.9 Å². The zero-order valence-corrected chi connectivity index (χ0v) is 11.4. The molecular weight excluding hydrogens is 250 g/mol. The predicted octanol–water partition coefficient (Wildman–Crippen LogP) is -0.195. The molecule has 0 radical (unpaired) electrons. The van der Waals surface area contributed by atoms with Crippen molar-refractivity contribution in [2.24, 2.45) is 11.7 Å². The van der Waals surface area contributed by atoms with Gasteiger partial charge in [0, 0.05) is 37.6 Å². The fourth-order valence-electron chi connectivity index (χ4n) is 2.59. The minimum Gasteiger partial charge on any atom is -0.370 e. The molecule has 0 bridgehead atoms. The maximum atomic E-state index is 12.2. The van der Waals surface area contributed by atoms with E-state index in [9.17, 15) is 9.59 Å². The SMILES string of the molecule is NC(=O)CC1CCN(C(=O)C2CSCCN2)CC1. The van der Waals surface area contributed by atoms with Crippen molar-refractivity contribution in [2.45, 2.75) is 25.3 Å². The first-order valence-corrected chi connectivity index (χ1v) is 7.70. The Morgan fingerprint density at radius 2 is 2.06 bits per heavy atom. The van der Waals surface area contributed by atoms with Crippen LogP contribution in [0.1, 0.15) is 19.3 Å². The van der Waals surface area contributed by atoms with Crippen molar-refractivity contribution in [2.75, 3.05) is 31.1 Å². The minimum atomic E-state index is -0.231. The molecule has 5 nitrogen and oxygen atoms in total. The van der Waals surface area contributed by atoms with Crippen LogP contribution in [0.2, 0.25) is 0 Å². The van der Waals surface area contributed by atoms with E-state index in [0.717, 1.165) is 44.0 Å². The Hall–Kier alpha value is -0.750. The average Bonchev–Trinajstić information content (AvgIpc) is 2.39. The van der Waals surface area contributed by atoms with Gasteiger partial charge in [-0.2, -0.15) is 11.8 Å². The topological polar surface area (TPSA) is 75.4 Å². The number of amides is 2. The van der Waals surface area contributed by atoms with Gasteiger partial charge in [-0.3, -0.25) is 9.59 Å². The van der Waals surface area contributed by atoms with Gasteiger partial charge in [0.1, 0.15) is 0 Å². The lowest BCUT2D eigenvalue weighted by atomic mass is 9.93. The number of nitrogens with zero attached hydrogens (tertiary/aromatic N) is 1. The average molecular weight is 271 g/mol. The molecule has 2 rings (SSSR count). The van der Waals surface area contributed by atoms with Crippen LogP contribution in [0.25, 0.3) is 0 Å². The van der Waals surface area contributed by atoms with Crippen LogP contribution in [-0.2, 0) is 9.59 Å². The van der Waals surface area contributed by atoms with Crippen molar-refractivity contribution >= 4 is 23.6 Å². The zero-order chi connectivity index (χ0) is 13.0. The van der Waals surface area contributed by atoms with E-state index in [0.29, 0.717) is 12.3 Å². The van der Waals surface area contributed by atoms with Gasteiger partial charge in [0.25, 0.3) is 0 Å². The highest BCUT2D eigenvalue weighted by atomic mass is 32.2. The Morgan fingerprint density at radius 1 is 1.33 bits per heavy atom. The fourth-order valence-corrected chi connectivity index (χ4v) is 3.51. The van der Waals surface area contributed by atoms with Crippen LogP contribution in [0.5, 0.6) is 0 Å². The van der Waals surface area contributed by atoms with Gasteiger partial charge in [0.15, 0.2) is 0 Å². The molecule has 0 aromatic carbocycles. The van der Waals surface area contributed by atoms with Gasteiger partial charge in [-0.1, -0.05) is 0 Å². The van der Waals surface area contributed by atoms with Crippen LogP contribution in [0.3, 0.4) is 0 Å². The highest BCUT2D eigenvalue weighted by molar-refractivity contribution is 7.99. The number of piperidine rings is 1. The Kier molecular flexibility index (Phi) is 4.88. The summed E-state index contributed by atoms with van der Waals surface area (Å²) in [6.45, 7) is 2.44. The molecule has 0 aliphatic carbocycles. The first-order valence-electron chi connectivity index (χ1n) is 6.55. The summed E-state index contributed by atoms with van der Waals surface area (Å²) in [4.78, 5) is 25.0. The summed E-state index contributed by atoms with van der Waals surface area (Å²) < 4.78 is 0. The van der Waals surface area contributed by atoms with Gasteiger partial charge in [0.2, 0.25) is 11.8 Å². The Labute approximate surface area is 112 Å². The summed E-state index contributed by atoms with van der Waals surface area (Å²) in [7, 11) is 0. The number of carbonyl (C=O) groups excluding carboxylic acids is 2. The molecule has 0 spiro atoms. The maximum Gasteiger partial charge on any atom is 0.240 e. The molecule has 0 saturated carbocycles. The molecule has 0 aromatic heterocycles. The van der Waals surface area contributed by atoms with Crippen molar-refractivity contribution in [3.63, 3.8) is 0 Å². The lowest BCUT2D eigenvalue weighted by Crippen LogP contribution is -2.52. The van der Waals surface area contributed by atoms with Crippen LogP contribution in [0, 0.1) is 5.92 Å². The molecule has 2 fully saturated rings. The molecule has 1 unspecified atom stereocenters. The third-order valence-electron chi connectivity index (χ3n) is 3.64. The number of nitrogens with two attached hydrogens (primary N) is 1. The highest BCUT2D eigenvalue weighted by Gasteiger charge is 2.29. The number of carbonyl (C=O) groups is 2. The van der Waals surface area contributed by atoms with Crippen molar-refractivity contribution in [1.82, 2.24) is 10.2 Å². The van der Waals surface area contributed by atoms with Gasteiger partial charge >= 0.3 is 0 Å². The fraction of sp³-hybridized carbons (Fsp3) is 0.833. The van der Waals surface area contributed by atoms with E-state index in [1.165, 1.54) is 0 Å². The van der Waals surface area contributed by atoms with E-state index in [1.54, 1.807) is 0 Å². The third-order valence-corrected chi connectivity index (χ3v) is 4.70. The molecule has 2 aliphatic rings. The third kappa shape index (κ3) is 3.62. The standard InChI is InChI=1S/C12H21N3O2S/c13-11(16)7-9-1-4-15(5-2-9)12(17)10-8-18-6-3-14-10/h9-10,14H,1-8H2,(H2,13,16). The van der Waals surface area contributed by atoms with E-state index in [-0.39, 0.29) is 17.9 Å². The molecular formula is C12H21N3O2S. The van der Waals surface area contributed by atoms with Crippen LogP contribution < -0.4 is 11.1 Å². The summed E-state index contributed by atoms with van der Waals surface area (Å²) in [6.07, 6.45) is 2.25. The van der Waals surface area contributed by atoms with Crippen molar-refractivity contribution in [3.8, 4) is 0 Å². The molecule has 2 aliphatic heterocycles. The number of nitrogens with one attached hydrogen (secondary N) is 1. The number of hydrogen-bond acceptors (Lipinski definition) is 4. The zero-order valence-electron chi connectivity index (χ0n) is 10.6. The number of likely N-dealkylation sites (tertiary alicyclic amines) is 1. The molecule has 0 aromatic rings. The molecule has 3 N–H and O–H groups in total. The van der Waals surface area contributed by atoms with Gasteiger partial charge < -0.3 is 16.0 Å². The quantitative estimate of drug-likeness (QED) is 0.746. The molecule has 102 valence electrons. The summed E-state index contributed by atoms with van der Waals surface area (Å²) >= 11 is 1.83. The number of rotatable bonds is 3. The van der Waals surface area contributed by atoms with Crippen molar-refractivity contribution in [1.29, 1.82) is 0 Å². The molecule has 2 heterocycles. The second kappa shape index (κ2) is 6.43. The van der Waals surface area contributed by atoms with Crippen molar-refractivity contribution < 1.29 is 9.59 Å². The van der Waals surface area contributed by atoms with Gasteiger partial charge in [0.05, 0.1) is 6.04 Å². The van der Waals surface area contributed by atoms with E-state index in [2.05, 4.69) is 5.32 Å². The predicted molar refractivity (Wildman–Crippen MR) is 72.2 cm³/mol. The van der Waals surface area contributed by atoms with E-state index in [1.807, 2.05) is 16.7 Å². The second-order valence-corrected chi connectivity index (χ2v) is 6.17. The summed E-state index contributed by atoms with van der Waals surface area (Å²) in [5, 5.41) is 3.27. The molecule has 6 heteroatoms. The highest BCUT2D eigenvalue weighted by Crippen LogP contribution is 2.21. The van der Waals surface area contributed by atoms with Crippen molar-refractivity contribution in [3.05, 3.63) is 0 Å². The lowest BCUT2D eigenvalue weighted by Gasteiger charge is -2.35. The Balaban J connectivity index is 1.78. The monoisotopic (exact) mass is 271 g/mol. The molecule has 18 heavy (non-hydrogen) atoms. The summed E-state index contributed by atoms with van der Waals surface area (Å²) in [5.41, 5.74) is 5.20. The molecule has 1 atom stereocenters. The summed E-state index contributed by atoms with van der Waals surface area (Å²) in [6, 6.07) is -0.0172. The first-order chi connectivity index (χ1) is 8.66. The maximum absolute atomic E-state index is 12.2. The Bertz CT molecular complexity index is 310. The molecule has 2 amide bonds. The lowest BCUT2D eigenvalue weighted by molar-refractivity contribution is -0.134. The summed E-state index contributed by atoms with van der Waals surface area (Å²) in [5.74, 6) is 2.31. The number of primary amides is 1. The number of thioether (sulfide) groups is 1. The second-order valence-electron chi connectivity index (χ2n) is 5.02. The van der Waals surface area contributed by atoms with Crippen LogP contribution in [0.4, 0.5) is 0 Å². The van der Waals surface area contributed by atoms with Crippen LogP contribution in [0.15, 0.2) is 0 Å².